The molecule has 0 heterocycles. The third kappa shape index (κ3) is 8.83. The van der Waals surface area contributed by atoms with Crippen molar-refractivity contribution in [3.63, 3.8) is 0 Å². The maximum absolute atomic E-state index is 5.04. The maximum Gasteiger partial charge on any atom is 0.0724 e. The van der Waals surface area contributed by atoms with Gasteiger partial charge < -0.3 is 19.6 Å². The fraction of sp³-hybridized carbons (Fsp3) is 0.0541. The summed E-state index contributed by atoms with van der Waals surface area (Å²) >= 11 is 0. The molecule has 10 aromatic rings. The van der Waals surface area contributed by atoms with E-state index in [0.29, 0.717) is 0 Å². The van der Waals surface area contributed by atoms with Gasteiger partial charge in [0.15, 0.2) is 0 Å². The third-order valence-corrected chi connectivity index (χ3v) is 15.2. The molecule has 78 heavy (non-hydrogen) atoms. The van der Waals surface area contributed by atoms with Crippen LogP contribution < -0.4 is 19.6 Å². The number of para-hydroxylation sites is 8. The van der Waals surface area contributed by atoms with E-state index in [1.54, 1.807) is 0 Å². The first kappa shape index (κ1) is 49.0. The predicted octanol–water partition coefficient (Wildman–Crippen LogP) is 20.2. The Hall–Kier alpha value is -9.90. The van der Waals surface area contributed by atoms with E-state index in [1.807, 2.05) is 0 Å². The highest BCUT2D eigenvalue weighted by atomic mass is 15.2. The first-order valence-electron chi connectivity index (χ1n) is 26.8. The highest BCUT2D eigenvalue weighted by Crippen LogP contribution is 2.65. The van der Waals surface area contributed by atoms with Crippen LogP contribution in [0, 0.1) is 0 Å². The van der Waals surface area contributed by atoms with Crippen molar-refractivity contribution in [3.05, 3.63) is 349 Å². The lowest BCUT2D eigenvalue weighted by molar-refractivity contribution is 0.777. The molecule has 0 N–H and O–H groups in total. The van der Waals surface area contributed by atoms with Crippen molar-refractivity contribution in [3.8, 4) is 11.1 Å². The molecule has 1 spiro atoms. The molecule has 0 atom stereocenters. The Morgan fingerprint density at radius 3 is 1.01 bits per heavy atom. The monoisotopic (exact) mass is 1000 g/mol. The average molecular weight is 1010 g/mol. The molecule has 0 unspecified atom stereocenters. The summed E-state index contributed by atoms with van der Waals surface area (Å²) in [5, 5.41) is 0. The van der Waals surface area contributed by atoms with Crippen molar-refractivity contribution in [2.45, 2.75) is 26.2 Å². The summed E-state index contributed by atoms with van der Waals surface area (Å²) in [7, 11) is 0. The van der Waals surface area contributed by atoms with Gasteiger partial charge in [0, 0.05) is 68.3 Å². The van der Waals surface area contributed by atoms with Crippen LogP contribution >= 0.6 is 0 Å². The van der Waals surface area contributed by atoms with Crippen LogP contribution in [0.5, 0.6) is 0 Å². The summed E-state index contributed by atoms with van der Waals surface area (Å²) in [6.07, 6.45) is 7.18. The van der Waals surface area contributed by atoms with Crippen molar-refractivity contribution in [1.82, 2.24) is 0 Å². The Morgan fingerprint density at radius 1 is 0.385 bits per heavy atom. The number of nitrogens with zero attached hydrogens (tertiary/aromatic N) is 4. The first-order chi connectivity index (χ1) is 38.4. The fourth-order valence-electron chi connectivity index (χ4n) is 12.0. The van der Waals surface area contributed by atoms with Gasteiger partial charge in [-0.05, 0) is 199 Å². The van der Waals surface area contributed by atoms with E-state index in [-0.39, 0.29) is 0 Å². The molecule has 0 amide bonds. The molecular formula is C74H60N4. The van der Waals surface area contributed by atoms with Crippen LogP contribution in [0.25, 0.3) is 11.1 Å². The van der Waals surface area contributed by atoms with Crippen LogP contribution in [0.4, 0.5) is 56.9 Å². The topological polar surface area (TPSA) is 13.0 Å². The summed E-state index contributed by atoms with van der Waals surface area (Å²) < 4.78 is 0. The quantitative estimate of drug-likeness (QED) is 0.108. The second-order valence-corrected chi connectivity index (χ2v) is 19.8. The molecule has 4 heteroatoms. The Kier molecular flexibility index (Phi) is 13.4. The highest BCUT2D eigenvalue weighted by Gasteiger charge is 2.54. The van der Waals surface area contributed by atoms with Crippen molar-refractivity contribution in [2.24, 2.45) is 0 Å². The van der Waals surface area contributed by atoms with Gasteiger partial charge >= 0.3 is 0 Å². The van der Waals surface area contributed by atoms with Gasteiger partial charge in [0.1, 0.15) is 0 Å². The number of hydrogen-bond acceptors (Lipinski definition) is 4. The minimum absolute atomic E-state index is 0.846. The standard InChI is InChI=1S/C74H60N4/c1-5-67-56(4)70(50-54(2)75(57-30-14-6-15-31-57)58-32-16-7-17-33-58)74(71(67)51-55(3)76(59-34-18-8-19-35-59)60-36-20-9-21-37-60)72-52-65(77(61-38-22-10-23-39-61)62-40-24-11-25-41-62)46-48-68(72)69-49-47-66(53-73(69)74)78(63-42-26-12-27-43-63)64-44-28-13-29-45-64/h5-53H,3H2,1-2,4H3/b54-50+,67-5-,71-51?. The first-order valence-corrected chi connectivity index (χ1v) is 26.8. The zero-order chi connectivity index (χ0) is 53.0. The Bertz CT molecular complexity index is 3580. The van der Waals surface area contributed by atoms with Crippen LogP contribution in [0.1, 0.15) is 31.9 Å². The molecule has 0 radical (unpaired) electrons. The highest BCUT2D eigenvalue weighted by molar-refractivity contribution is 5.95. The Labute approximate surface area is 460 Å². The smallest absolute Gasteiger partial charge is 0.0724 e. The van der Waals surface area contributed by atoms with Gasteiger partial charge in [0.05, 0.1) is 5.41 Å². The van der Waals surface area contributed by atoms with E-state index in [0.717, 1.165) is 73.8 Å². The molecule has 2 aliphatic carbocycles. The third-order valence-electron chi connectivity index (χ3n) is 15.2. The molecule has 12 rings (SSSR count). The molecule has 0 bridgehead atoms. The van der Waals surface area contributed by atoms with E-state index in [1.165, 1.54) is 39.0 Å². The zero-order valence-electron chi connectivity index (χ0n) is 44.3. The second-order valence-electron chi connectivity index (χ2n) is 19.8. The average Bonchev–Trinajstić information content (AvgIpc) is 3.78. The SMILES string of the molecule is C=C(C=C1/C(=C\C)C(C)=C(/C=C(\C)N(c2ccccc2)c2ccccc2)C12c1cc(N(c3ccccc3)c3ccccc3)ccc1-c1ccc(N(c3ccccc3)c3ccccc3)cc12)N(c1ccccc1)c1ccccc1. The molecule has 0 aromatic heterocycles. The van der Waals surface area contributed by atoms with Gasteiger partial charge in [-0.3, -0.25) is 0 Å². The van der Waals surface area contributed by atoms with E-state index < -0.39 is 5.41 Å². The molecule has 0 fully saturated rings. The van der Waals surface area contributed by atoms with E-state index in [2.05, 4.69) is 338 Å². The lowest BCUT2D eigenvalue weighted by Gasteiger charge is -2.36. The van der Waals surface area contributed by atoms with Gasteiger partial charge in [-0.25, -0.2) is 0 Å². The lowest BCUT2D eigenvalue weighted by Crippen LogP contribution is -2.29. The Balaban J connectivity index is 1.20. The normalized spacial score (nSPS) is 14.3. The summed E-state index contributed by atoms with van der Waals surface area (Å²) in [5.74, 6) is 0. The number of hydrogen-bond donors (Lipinski definition) is 0. The number of allylic oxidation sites excluding steroid dienone is 8. The minimum atomic E-state index is -0.886. The molecule has 4 nitrogen and oxygen atoms in total. The van der Waals surface area contributed by atoms with Crippen molar-refractivity contribution < 1.29 is 0 Å². The van der Waals surface area contributed by atoms with Crippen molar-refractivity contribution in [1.29, 1.82) is 0 Å². The van der Waals surface area contributed by atoms with E-state index >= 15 is 0 Å². The number of fused-ring (bicyclic) bond motifs is 5. The van der Waals surface area contributed by atoms with E-state index in [9.17, 15) is 0 Å². The molecule has 0 aliphatic heterocycles. The summed E-state index contributed by atoms with van der Waals surface area (Å²) in [5.41, 5.74) is 21.2. The van der Waals surface area contributed by atoms with Crippen molar-refractivity contribution in [2.75, 3.05) is 19.6 Å². The molecule has 376 valence electrons. The molecule has 0 saturated carbocycles. The summed E-state index contributed by atoms with van der Waals surface area (Å²) in [4.78, 5) is 9.45. The van der Waals surface area contributed by atoms with Crippen LogP contribution in [0.2, 0.25) is 0 Å². The lowest BCUT2D eigenvalue weighted by atomic mass is 9.68. The van der Waals surface area contributed by atoms with Gasteiger partial charge in [-0.15, -0.1) is 0 Å². The second kappa shape index (κ2) is 21.4. The van der Waals surface area contributed by atoms with E-state index in [4.69, 9.17) is 6.58 Å². The number of anilines is 10. The fourth-order valence-corrected chi connectivity index (χ4v) is 12.0. The van der Waals surface area contributed by atoms with Gasteiger partial charge in [0.25, 0.3) is 0 Å². The van der Waals surface area contributed by atoms with Gasteiger partial charge in [0.2, 0.25) is 0 Å². The van der Waals surface area contributed by atoms with Crippen LogP contribution in [-0.4, -0.2) is 0 Å². The number of rotatable bonds is 14. The minimum Gasteiger partial charge on any atom is -0.315 e. The van der Waals surface area contributed by atoms with Gasteiger partial charge in [-0.2, -0.15) is 0 Å². The molecular weight excluding hydrogens is 945 g/mol. The van der Waals surface area contributed by atoms with Gasteiger partial charge in [-0.1, -0.05) is 170 Å². The number of benzene rings is 10. The molecule has 2 aliphatic rings. The van der Waals surface area contributed by atoms with Crippen LogP contribution in [-0.2, 0) is 5.41 Å². The summed E-state index contributed by atoms with van der Waals surface area (Å²) in [6, 6.07) is 100.0. The van der Waals surface area contributed by atoms with Crippen molar-refractivity contribution >= 4 is 56.9 Å². The largest absolute Gasteiger partial charge is 0.315 e. The Morgan fingerprint density at radius 2 is 0.692 bits per heavy atom. The summed E-state index contributed by atoms with van der Waals surface area (Å²) in [6.45, 7) is 11.8. The zero-order valence-corrected chi connectivity index (χ0v) is 44.3. The predicted molar refractivity (Wildman–Crippen MR) is 330 cm³/mol. The van der Waals surface area contributed by atoms with Crippen LogP contribution in [0.3, 0.4) is 0 Å². The molecule has 10 aromatic carbocycles. The molecule has 0 saturated heterocycles. The van der Waals surface area contributed by atoms with Crippen LogP contribution in [0.15, 0.2) is 338 Å². The maximum atomic E-state index is 5.04.